The van der Waals surface area contributed by atoms with Crippen molar-refractivity contribution in [3.05, 3.63) is 66.2 Å². The molecule has 0 saturated carbocycles. The van der Waals surface area contributed by atoms with E-state index >= 15 is 0 Å². The second-order valence-electron chi connectivity index (χ2n) is 4.13. The minimum atomic E-state index is -0.325. The summed E-state index contributed by atoms with van der Waals surface area (Å²) in [6.45, 7) is 0.125. The molecule has 0 aliphatic rings. The first-order chi connectivity index (χ1) is 9.81. The average molecular weight is 265 g/mol. The van der Waals surface area contributed by atoms with Gasteiger partial charge in [-0.25, -0.2) is 0 Å². The van der Waals surface area contributed by atoms with Gasteiger partial charge >= 0.3 is 5.91 Å². The molecule has 1 N–H and O–H groups in total. The van der Waals surface area contributed by atoms with Crippen LogP contribution in [0.3, 0.4) is 0 Å². The van der Waals surface area contributed by atoms with Gasteiger partial charge in [-0.05, 0) is 24.3 Å². The van der Waals surface area contributed by atoms with Crippen LogP contribution in [0.15, 0.2) is 60.7 Å². The van der Waals surface area contributed by atoms with Gasteiger partial charge in [0.15, 0.2) is 0 Å². The van der Waals surface area contributed by atoms with Crippen LogP contribution in [0, 0.1) is 11.8 Å². The number of hydrogen-bond acceptors (Lipinski definition) is 2. The SMILES string of the molecule is O=C(C#Cc1ccccc1)N(CCO)c1ccccc1. The molecule has 2 rings (SSSR count). The summed E-state index contributed by atoms with van der Waals surface area (Å²) in [6.07, 6.45) is 0. The molecular weight excluding hydrogens is 250 g/mol. The molecule has 0 heterocycles. The van der Waals surface area contributed by atoms with Gasteiger partial charge in [0, 0.05) is 23.7 Å². The Labute approximate surface area is 118 Å². The summed E-state index contributed by atoms with van der Waals surface area (Å²) < 4.78 is 0. The number of aliphatic hydroxyl groups excluding tert-OH is 1. The van der Waals surface area contributed by atoms with E-state index in [0.29, 0.717) is 0 Å². The summed E-state index contributed by atoms with van der Waals surface area (Å²) in [4.78, 5) is 13.6. The second-order valence-corrected chi connectivity index (χ2v) is 4.13. The molecule has 1 amide bonds. The highest BCUT2D eigenvalue weighted by atomic mass is 16.3. The van der Waals surface area contributed by atoms with Crippen LogP contribution in [0.2, 0.25) is 0 Å². The van der Waals surface area contributed by atoms with Crippen molar-refractivity contribution in [2.75, 3.05) is 18.1 Å². The van der Waals surface area contributed by atoms with E-state index in [-0.39, 0.29) is 19.1 Å². The first-order valence-corrected chi connectivity index (χ1v) is 6.36. The maximum atomic E-state index is 12.1. The van der Waals surface area contributed by atoms with Gasteiger partial charge in [-0.1, -0.05) is 42.3 Å². The van der Waals surface area contributed by atoms with E-state index in [1.54, 1.807) is 0 Å². The van der Waals surface area contributed by atoms with E-state index in [2.05, 4.69) is 11.8 Å². The normalized spacial score (nSPS) is 9.45. The van der Waals surface area contributed by atoms with Crippen LogP contribution in [0.25, 0.3) is 0 Å². The Morgan fingerprint density at radius 3 is 2.20 bits per heavy atom. The molecule has 2 aromatic carbocycles. The largest absolute Gasteiger partial charge is 0.395 e. The van der Waals surface area contributed by atoms with Crippen LogP contribution in [-0.2, 0) is 4.79 Å². The first-order valence-electron chi connectivity index (χ1n) is 6.36. The standard InChI is InChI=1S/C17H15NO2/c19-14-13-18(16-9-5-2-6-10-16)17(20)12-11-15-7-3-1-4-8-15/h1-10,19H,13-14H2. The van der Waals surface area contributed by atoms with E-state index in [0.717, 1.165) is 11.3 Å². The monoisotopic (exact) mass is 265 g/mol. The molecule has 0 spiro atoms. The van der Waals surface area contributed by atoms with Crippen molar-refractivity contribution in [1.29, 1.82) is 0 Å². The molecule has 0 saturated heterocycles. The highest BCUT2D eigenvalue weighted by Gasteiger charge is 2.12. The molecule has 0 aliphatic heterocycles. The Bertz CT molecular complexity index is 612. The minimum Gasteiger partial charge on any atom is -0.395 e. The maximum absolute atomic E-state index is 12.1. The molecule has 2 aromatic rings. The number of nitrogens with zero attached hydrogens (tertiary/aromatic N) is 1. The number of rotatable bonds is 3. The van der Waals surface area contributed by atoms with Crippen LogP contribution < -0.4 is 4.90 Å². The minimum absolute atomic E-state index is 0.104. The third-order valence-electron chi connectivity index (χ3n) is 2.72. The quantitative estimate of drug-likeness (QED) is 0.863. The van der Waals surface area contributed by atoms with Gasteiger partial charge in [0.2, 0.25) is 0 Å². The molecule has 3 nitrogen and oxygen atoms in total. The molecule has 0 aromatic heterocycles. The zero-order valence-electron chi connectivity index (χ0n) is 11.0. The van der Waals surface area contributed by atoms with Crippen LogP contribution >= 0.6 is 0 Å². The Morgan fingerprint density at radius 1 is 1.00 bits per heavy atom. The van der Waals surface area contributed by atoms with E-state index in [4.69, 9.17) is 5.11 Å². The molecule has 0 radical (unpaired) electrons. The third kappa shape index (κ3) is 3.71. The lowest BCUT2D eigenvalue weighted by Gasteiger charge is -2.18. The Balaban J connectivity index is 2.19. The predicted octanol–water partition coefficient (Wildman–Crippen LogP) is 2.06. The van der Waals surface area contributed by atoms with Crippen LogP contribution in [0.5, 0.6) is 0 Å². The second kappa shape index (κ2) is 7.13. The van der Waals surface area contributed by atoms with E-state index < -0.39 is 0 Å². The van der Waals surface area contributed by atoms with Crippen molar-refractivity contribution in [1.82, 2.24) is 0 Å². The fourth-order valence-corrected chi connectivity index (χ4v) is 1.77. The molecule has 0 bridgehead atoms. The smallest absolute Gasteiger partial charge is 0.303 e. The van der Waals surface area contributed by atoms with Crippen molar-refractivity contribution in [3.8, 4) is 11.8 Å². The summed E-state index contributed by atoms with van der Waals surface area (Å²) in [5.41, 5.74) is 1.52. The molecule has 0 fully saturated rings. The zero-order valence-corrected chi connectivity index (χ0v) is 11.0. The van der Waals surface area contributed by atoms with Crippen molar-refractivity contribution < 1.29 is 9.90 Å². The number of hydrogen-bond donors (Lipinski definition) is 1. The van der Waals surface area contributed by atoms with E-state index in [1.807, 2.05) is 60.7 Å². The lowest BCUT2D eigenvalue weighted by molar-refractivity contribution is -0.113. The van der Waals surface area contributed by atoms with Crippen molar-refractivity contribution in [3.63, 3.8) is 0 Å². The predicted molar refractivity (Wildman–Crippen MR) is 79.2 cm³/mol. The molecule has 3 heteroatoms. The third-order valence-corrected chi connectivity index (χ3v) is 2.72. The van der Waals surface area contributed by atoms with Gasteiger partial charge in [0.25, 0.3) is 0 Å². The summed E-state index contributed by atoms with van der Waals surface area (Å²) in [5, 5.41) is 9.09. The molecular formula is C17H15NO2. The first kappa shape index (κ1) is 13.9. The summed E-state index contributed by atoms with van der Waals surface area (Å²) >= 11 is 0. The van der Waals surface area contributed by atoms with Gasteiger partial charge in [0.05, 0.1) is 6.61 Å². The van der Waals surface area contributed by atoms with Gasteiger partial charge in [-0.15, -0.1) is 0 Å². The molecule has 0 unspecified atom stereocenters. The van der Waals surface area contributed by atoms with E-state index in [9.17, 15) is 4.79 Å². The van der Waals surface area contributed by atoms with Crippen LogP contribution in [0.4, 0.5) is 5.69 Å². The topological polar surface area (TPSA) is 40.5 Å². The van der Waals surface area contributed by atoms with Crippen molar-refractivity contribution >= 4 is 11.6 Å². The maximum Gasteiger partial charge on any atom is 0.303 e. The number of aliphatic hydroxyl groups is 1. The number of carbonyl (C=O) groups excluding carboxylic acids is 1. The summed E-state index contributed by atoms with van der Waals surface area (Å²) in [6, 6.07) is 18.5. The van der Waals surface area contributed by atoms with Gasteiger partial charge < -0.3 is 5.11 Å². The fourth-order valence-electron chi connectivity index (χ4n) is 1.77. The molecule has 0 atom stereocenters. The Kier molecular flexibility index (Phi) is 4.94. The number of carbonyl (C=O) groups is 1. The summed E-state index contributed by atoms with van der Waals surface area (Å²) in [5.74, 6) is 5.11. The molecule has 100 valence electrons. The highest BCUT2D eigenvalue weighted by molar-refractivity contribution is 6.06. The Morgan fingerprint density at radius 2 is 1.60 bits per heavy atom. The zero-order chi connectivity index (χ0) is 14.2. The number of anilines is 1. The average Bonchev–Trinajstić information content (AvgIpc) is 2.52. The number of benzene rings is 2. The Hall–Kier alpha value is -2.57. The number of para-hydroxylation sites is 1. The van der Waals surface area contributed by atoms with Crippen molar-refractivity contribution in [2.24, 2.45) is 0 Å². The molecule has 0 aliphatic carbocycles. The van der Waals surface area contributed by atoms with Crippen molar-refractivity contribution in [2.45, 2.75) is 0 Å². The highest BCUT2D eigenvalue weighted by Crippen LogP contribution is 2.12. The van der Waals surface area contributed by atoms with Gasteiger partial charge in [-0.3, -0.25) is 9.69 Å². The number of amides is 1. The van der Waals surface area contributed by atoms with Gasteiger partial charge in [0.1, 0.15) is 0 Å². The van der Waals surface area contributed by atoms with Gasteiger partial charge in [-0.2, -0.15) is 0 Å². The fraction of sp³-hybridized carbons (Fsp3) is 0.118. The molecule has 20 heavy (non-hydrogen) atoms. The lowest BCUT2D eigenvalue weighted by Crippen LogP contribution is -2.32. The van der Waals surface area contributed by atoms with Crippen LogP contribution in [-0.4, -0.2) is 24.2 Å². The summed E-state index contributed by atoms with van der Waals surface area (Å²) in [7, 11) is 0. The lowest BCUT2D eigenvalue weighted by atomic mass is 10.2. The van der Waals surface area contributed by atoms with Crippen LogP contribution in [0.1, 0.15) is 5.56 Å². The van der Waals surface area contributed by atoms with E-state index in [1.165, 1.54) is 4.90 Å².